The summed E-state index contributed by atoms with van der Waals surface area (Å²) in [4.78, 5) is 0.784. The third-order valence-electron chi connectivity index (χ3n) is 4.56. The van der Waals surface area contributed by atoms with E-state index in [0.29, 0.717) is 5.95 Å². The van der Waals surface area contributed by atoms with Gasteiger partial charge in [0.25, 0.3) is 5.95 Å². The fraction of sp³-hybridized carbons (Fsp3) is 0.182. The van der Waals surface area contributed by atoms with Gasteiger partial charge < -0.3 is 9.47 Å². The lowest BCUT2D eigenvalue weighted by Crippen LogP contribution is -1.91. The molecule has 3 nitrogen and oxygen atoms in total. The average Bonchev–Trinajstić information content (AvgIpc) is 2.91. The minimum atomic E-state index is -1.01. The Bertz CT molecular complexity index is 979. The van der Waals surface area contributed by atoms with Gasteiger partial charge in [0.05, 0.1) is 14.2 Å². The molecule has 0 saturated heterocycles. The topological polar surface area (TPSA) is 35.5 Å². The minimum absolute atomic E-state index is 0.292. The smallest absolute Gasteiger partial charge is 0.279 e. The molecule has 0 spiro atoms. The molecule has 0 saturated carbocycles. The van der Waals surface area contributed by atoms with Gasteiger partial charge in [0.15, 0.2) is 0 Å². The number of hydrogen-bond donors (Lipinski definition) is 0. The SMILES string of the molecule is COC(=CC1=C(C)/C(=C/c2ccc(S(C)=O)cc2)c2ccc(F)cc21)OC. The molecule has 2 aromatic carbocycles. The second-order valence-electron chi connectivity index (χ2n) is 6.18. The van der Waals surface area contributed by atoms with E-state index >= 15 is 0 Å². The molecule has 1 aliphatic carbocycles. The van der Waals surface area contributed by atoms with Gasteiger partial charge in [-0.1, -0.05) is 18.2 Å². The first-order valence-electron chi connectivity index (χ1n) is 8.41. The van der Waals surface area contributed by atoms with Crippen molar-refractivity contribution in [2.24, 2.45) is 0 Å². The summed E-state index contributed by atoms with van der Waals surface area (Å²) in [5, 5.41) is 0. The van der Waals surface area contributed by atoms with Crippen LogP contribution >= 0.6 is 0 Å². The molecule has 0 heterocycles. The van der Waals surface area contributed by atoms with Crippen molar-refractivity contribution >= 4 is 28.0 Å². The molecule has 1 unspecified atom stereocenters. The lowest BCUT2D eigenvalue weighted by molar-refractivity contribution is 0.0958. The number of allylic oxidation sites excluding steroid dienone is 4. The van der Waals surface area contributed by atoms with Crippen LogP contribution in [0.4, 0.5) is 4.39 Å². The molecule has 1 atom stereocenters. The van der Waals surface area contributed by atoms with Crippen LogP contribution in [-0.2, 0) is 20.3 Å². The zero-order valence-electron chi connectivity index (χ0n) is 15.7. The first-order valence-corrected chi connectivity index (χ1v) is 9.96. The molecule has 2 aromatic rings. The molecule has 5 heteroatoms. The highest BCUT2D eigenvalue weighted by molar-refractivity contribution is 7.84. The highest BCUT2D eigenvalue weighted by Crippen LogP contribution is 2.43. The fourth-order valence-electron chi connectivity index (χ4n) is 3.14. The van der Waals surface area contributed by atoms with Gasteiger partial charge >= 0.3 is 0 Å². The van der Waals surface area contributed by atoms with Crippen LogP contribution in [0.15, 0.2) is 65.0 Å². The Morgan fingerprint density at radius 1 is 1.04 bits per heavy atom. The summed E-state index contributed by atoms with van der Waals surface area (Å²) in [7, 11) is 2.05. The molecule has 0 radical (unpaired) electrons. The normalized spacial score (nSPS) is 15.5. The van der Waals surface area contributed by atoms with E-state index in [9.17, 15) is 8.60 Å². The van der Waals surface area contributed by atoms with Gasteiger partial charge in [0.2, 0.25) is 0 Å². The highest BCUT2D eigenvalue weighted by Gasteiger charge is 2.24. The monoisotopic (exact) mass is 384 g/mol. The van der Waals surface area contributed by atoms with E-state index < -0.39 is 10.8 Å². The van der Waals surface area contributed by atoms with Crippen molar-refractivity contribution in [1.82, 2.24) is 0 Å². The van der Waals surface area contributed by atoms with Crippen LogP contribution in [0.1, 0.15) is 23.6 Å². The Labute approximate surface area is 161 Å². The van der Waals surface area contributed by atoms with Crippen molar-refractivity contribution < 1.29 is 18.1 Å². The third kappa shape index (κ3) is 3.88. The van der Waals surface area contributed by atoms with Gasteiger partial charge in [-0.15, -0.1) is 0 Å². The Morgan fingerprint density at radius 3 is 2.30 bits per heavy atom. The summed E-state index contributed by atoms with van der Waals surface area (Å²) in [5.41, 5.74) is 5.61. The molecule has 140 valence electrons. The second-order valence-corrected chi connectivity index (χ2v) is 7.56. The van der Waals surface area contributed by atoms with Gasteiger partial charge in [0.1, 0.15) is 5.82 Å². The van der Waals surface area contributed by atoms with Crippen LogP contribution < -0.4 is 0 Å². The van der Waals surface area contributed by atoms with E-state index in [0.717, 1.165) is 38.3 Å². The second kappa shape index (κ2) is 7.92. The van der Waals surface area contributed by atoms with Crippen molar-refractivity contribution in [3.63, 3.8) is 0 Å². The van der Waals surface area contributed by atoms with Gasteiger partial charge in [-0.3, -0.25) is 4.21 Å². The first-order chi connectivity index (χ1) is 12.9. The molecule has 0 fully saturated rings. The largest absolute Gasteiger partial charge is 0.469 e. The molecular formula is C22H21FO3S. The van der Waals surface area contributed by atoms with Crippen molar-refractivity contribution in [3.8, 4) is 0 Å². The summed E-state index contributed by atoms with van der Waals surface area (Å²) < 4.78 is 35.9. The summed E-state index contributed by atoms with van der Waals surface area (Å²) in [6.45, 7) is 1.99. The van der Waals surface area contributed by atoms with E-state index in [1.807, 2.05) is 31.2 Å². The van der Waals surface area contributed by atoms with Gasteiger partial charge in [-0.2, -0.15) is 0 Å². The van der Waals surface area contributed by atoms with Crippen LogP contribution in [0, 0.1) is 5.82 Å². The number of ether oxygens (including phenoxy) is 2. The number of rotatable bonds is 5. The summed E-state index contributed by atoms with van der Waals surface area (Å²) in [5.74, 6) is 0.0652. The van der Waals surface area contributed by atoms with Gasteiger partial charge in [0, 0.05) is 28.0 Å². The number of hydrogen-bond acceptors (Lipinski definition) is 3. The van der Waals surface area contributed by atoms with E-state index in [2.05, 4.69) is 6.08 Å². The quantitative estimate of drug-likeness (QED) is 0.679. The predicted octanol–water partition coefficient (Wildman–Crippen LogP) is 5.03. The molecule has 0 N–H and O–H groups in total. The fourth-order valence-corrected chi connectivity index (χ4v) is 3.66. The number of fused-ring (bicyclic) bond motifs is 1. The average molecular weight is 384 g/mol. The zero-order valence-corrected chi connectivity index (χ0v) is 16.5. The molecule has 0 aliphatic heterocycles. The summed E-state index contributed by atoms with van der Waals surface area (Å²) >= 11 is 0. The minimum Gasteiger partial charge on any atom is -0.469 e. The molecule has 0 aromatic heterocycles. The lowest BCUT2D eigenvalue weighted by Gasteiger charge is -2.06. The summed E-state index contributed by atoms with van der Waals surface area (Å²) in [6, 6.07) is 12.4. The van der Waals surface area contributed by atoms with Crippen LogP contribution in [-0.4, -0.2) is 24.7 Å². The van der Waals surface area contributed by atoms with E-state index in [-0.39, 0.29) is 5.82 Å². The van der Waals surface area contributed by atoms with Crippen LogP contribution in [0.2, 0.25) is 0 Å². The third-order valence-corrected chi connectivity index (χ3v) is 5.49. The molecular weight excluding hydrogens is 363 g/mol. The van der Waals surface area contributed by atoms with E-state index in [1.165, 1.54) is 26.4 Å². The zero-order chi connectivity index (χ0) is 19.6. The number of benzene rings is 2. The van der Waals surface area contributed by atoms with Crippen LogP contribution in [0.3, 0.4) is 0 Å². The van der Waals surface area contributed by atoms with Crippen molar-refractivity contribution in [1.29, 1.82) is 0 Å². The molecule has 0 amide bonds. The van der Waals surface area contributed by atoms with E-state index in [1.54, 1.807) is 18.4 Å². The van der Waals surface area contributed by atoms with E-state index in [4.69, 9.17) is 9.47 Å². The maximum absolute atomic E-state index is 13.9. The van der Waals surface area contributed by atoms with Crippen molar-refractivity contribution in [2.75, 3.05) is 20.5 Å². The van der Waals surface area contributed by atoms with Gasteiger partial charge in [-0.25, -0.2) is 4.39 Å². The Morgan fingerprint density at radius 2 is 1.70 bits per heavy atom. The molecule has 1 aliphatic rings. The van der Waals surface area contributed by atoms with Gasteiger partial charge in [-0.05, 0) is 70.7 Å². The molecule has 3 rings (SSSR count). The lowest BCUT2D eigenvalue weighted by atomic mass is 10.0. The maximum Gasteiger partial charge on any atom is 0.279 e. The first kappa shape index (κ1) is 19.1. The van der Waals surface area contributed by atoms with Crippen LogP contribution in [0.5, 0.6) is 0 Å². The Hall–Kier alpha value is -2.66. The molecule has 0 bridgehead atoms. The number of methoxy groups -OCH3 is 2. The molecule has 27 heavy (non-hydrogen) atoms. The number of halogens is 1. The summed E-state index contributed by atoms with van der Waals surface area (Å²) in [6.07, 6.45) is 5.48. The van der Waals surface area contributed by atoms with Crippen molar-refractivity contribution in [2.45, 2.75) is 11.8 Å². The van der Waals surface area contributed by atoms with Crippen LogP contribution in [0.25, 0.3) is 17.2 Å². The maximum atomic E-state index is 13.9. The van der Waals surface area contributed by atoms with Crippen molar-refractivity contribution in [3.05, 3.63) is 82.6 Å². The standard InChI is InChI=1S/C22H21FO3S/c1-14-19(11-15-5-8-17(9-6-15)27(4)24)18-10-7-16(23)12-21(18)20(14)13-22(25-2)26-3/h5-13H,1-4H3/b19-11-. The Balaban J connectivity index is 2.13. The highest BCUT2D eigenvalue weighted by atomic mass is 32.2. The Kier molecular flexibility index (Phi) is 5.61. The predicted molar refractivity (Wildman–Crippen MR) is 108 cm³/mol.